The SMILES string of the molecule is CC(C)(O)CNC(=O)c1ccc2c(c1)CCc1cc(F)ccc1C2(CCNCC(=O)N1C(C#N)C[C@@H]2C[C@@H]21)c1nnn[nH]1. The average molecular weight is 587 g/mol. The smallest absolute Gasteiger partial charge is 0.251 e. The van der Waals surface area contributed by atoms with Crippen molar-refractivity contribution in [3.8, 4) is 6.07 Å². The Balaban J connectivity index is 1.32. The van der Waals surface area contributed by atoms with Crippen LogP contribution in [-0.2, 0) is 23.1 Å². The predicted octanol–water partition coefficient (Wildman–Crippen LogP) is 1.77. The Bertz CT molecular complexity index is 1580. The van der Waals surface area contributed by atoms with Gasteiger partial charge in [0.25, 0.3) is 5.91 Å². The van der Waals surface area contributed by atoms with Crippen LogP contribution in [0.2, 0.25) is 0 Å². The van der Waals surface area contributed by atoms with E-state index < -0.39 is 11.0 Å². The summed E-state index contributed by atoms with van der Waals surface area (Å²) in [6, 6.07) is 12.3. The minimum absolute atomic E-state index is 0.0858. The lowest BCUT2D eigenvalue weighted by molar-refractivity contribution is -0.131. The molecule has 1 saturated carbocycles. The van der Waals surface area contributed by atoms with Crippen LogP contribution in [0, 0.1) is 23.1 Å². The number of carbonyl (C=O) groups excluding carboxylic acids is 2. The number of amides is 2. The van der Waals surface area contributed by atoms with Crippen molar-refractivity contribution in [3.05, 3.63) is 75.9 Å². The number of carbonyl (C=O) groups is 2. The molecule has 1 aliphatic heterocycles. The number of halogens is 1. The van der Waals surface area contributed by atoms with Gasteiger partial charge in [-0.25, -0.2) is 9.49 Å². The second-order valence-electron chi connectivity index (χ2n) is 12.5. The molecule has 2 unspecified atom stereocenters. The van der Waals surface area contributed by atoms with Crippen molar-refractivity contribution in [1.82, 2.24) is 36.2 Å². The van der Waals surface area contributed by atoms with E-state index in [1.165, 1.54) is 12.1 Å². The Labute approximate surface area is 248 Å². The number of nitrogens with one attached hydrogen (secondary N) is 3. The van der Waals surface area contributed by atoms with Crippen LogP contribution in [0.25, 0.3) is 0 Å². The molecule has 1 saturated heterocycles. The molecule has 6 rings (SSSR count). The summed E-state index contributed by atoms with van der Waals surface area (Å²) in [4.78, 5) is 27.8. The number of rotatable bonds is 9. The van der Waals surface area contributed by atoms with E-state index in [4.69, 9.17) is 0 Å². The van der Waals surface area contributed by atoms with E-state index in [9.17, 15) is 24.3 Å². The fourth-order valence-corrected chi connectivity index (χ4v) is 6.83. The Hall–Kier alpha value is -4.21. The maximum atomic E-state index is 14.5. The molecular weight excluding hydrogens is 551 g/mol. The summed E-state index contributed by atoms with van der Waals surface area (Å²) in [5, 5.41) is 40.7. The number of aromatic nitrogens is 4. The molecule has 2 amide bonds. The van der Waals surface area contributed by atoms with Crippen LogP contribution >= 0.6 is 0 Å². The molecule has 2 fully saturated rings. The Morgan fingerprint density at radius 3 is 2.63 bits per heavy atom. The number of aliphatic hydroxyl groups is 1. The number of hydrogen-bond donors (Lipinski definition) is 4. The number of nitriles is 1. The van der Waals surface area contributed by atoms with Crippen molar-refractivity contribution in [3.63, 3.8) is 0 Å². The molecule has 2 heterocycles. The molecule has 3 aliphatic rings. The highest BCUT2D eigenvalue weighted by Crippen LogP contribution is 2.48. The number of benzene rings is 2. The highest BCUT2D eigenvalue weighted by Gasteiger charge is 2.54. The van der Waals surface area contributed by atoms with Crippen LogP contribution in [0.3, 0.4) is 0 Å². The molecule has 0 bridgehead atoms. The zero-order chi connectivity index (χ0) is 30.4. The normalized spacial score (nSPS) is 23.9. The lowest BCUT2D eigenvalue weighted by atomic mass is 9.69. The third-order valence-corrected chi connectivity index (χ3v) is 8.94. The largest absolute Gasteiger partial charge is 0.389 e. The Morgan fingerprint density at radius 1 is 1.19 bits per heavy atom. The molecule has 0 radical (unpaired) electrons. The molecular formula is C31H35FN8O3. The fraction of sp³-hybridized carbons (Fsp3) is 0.484. The monoisotopic (exact) mass is 586 g/mol. The molecule has 2 aromatic carbocycles. The van der Waals surface area contributed by atoms with Crippen molar-refractivity contribution in [1.29, 1.82) is 5.26 Å². The molecule has 12 heteroatoms. The van der Waals surface area contributed by atoms with Crippen molar-refractivity contribution in [2.45, 2.75) is 69.1 Å². The van der Waals surface area contributed by atoms with Crippen LogP contribution in [0.4, 0.5) is 4.39 Å². The first kappa shape index (κ1) is 28.9. The number of nitrogens with zero attached hydrogens (tertiary/aromatic N) is 5. The van der Waals surface area contributed by atoms with Crippen LogP contribution in [0.15, 0.2) is 36.4 Å². The highest BCUT2D eigenvalue weighted by molar-refractivity contribution is 5.94. The van der Waals surface area contributed by atoms with Gasteiger partial charge >= 0.3 is 0 Å². The van der Waals surface area contributed by atoms with Crippen molar-refractivity contribution < 1.29 is 19.1 Å². The van der Waals surface area contributed by atoms with Gasteiger partial charge in [-0.3, -0.25) is 9.59 Å². The number of aryl methyl sites for hydroxylation is 2. The minimum atomic E-state index is -1.06. The average Bonchev–Trinajstić information content (AvgIpc) is 3.36. The standard InChI is InChI=1S/C31H35FN8O3/c1-30(2,43)17-35-28(42)20-5-7-24-18(11-20)3-4-19-12-22(32)6-8-25(19)31(24,29-36-38-39-37-29)9-10-34-16-27(41)40-23(15-33)13-21-14-26(21)40/h5-8,11-12,21,23,26,34,43H,3-4,9-10,13-14,16-17H2,1-2H3,(H,35,42)(H,36,37,38,39)/t21-,23?,26+,31?/m1/s1. The number of piperidine rings is 1. The van der Waals surface area contributed by atoms with Gasteiger partial charge in [0, 0.05) is 18.2 Å². The van der Waals surface area contributed by atoms with Gasteiger partial charge in [-0.2, -0.15) is 5.26 Å². The molecule has 11 nitrogen and oxygen atoms in total. The lowest BCUT2D eigenvalue weighted by Crippen LogP contribution is -2.44. The molecule has 4 N–H and O–H groups in total. The van der Waals surface area contributed by atoms with Gasteiger partial charge in [-0.05, 0) is 115 Å². The van der Waals surface area contributed by atoms with Gasteiger partial charge in [-0.15, -0.1) is 5.10 Å². The van der Waals surface area contributed by atoms with E-state index in [0.717, 1.165) is 35.1 Å². The van der Waals surface area contributed by atoms with E-state index in [-0.39, 0.29) is 42.8 Å². The zero-order valence-electron chi connectivity index (χ0n) is 24.2. The van der Waals surface area contributed by atoms with E-state index in [1.807, 2.05) is 12.1 Å². The molecule has 43 heavy (non-hydrogen) atoms. The van der Waals surface area contributed by atoms with Gasteiger partial charge in [0.15, 0.2) is 5.82 Å². The van der Waals surface area contributed by atoms with Crippen molar-refractivity contribution in [2.24, 2.45) is 5.92 Å². The summed E-state index contributed by atoms with van der Waals surface area (Å²) in [5.41, 5.74) is 1.90. The Morgan fingerprint density at radius 2 is 1.93 bits per heavy atom. The molecule has 0 spiro atoms. The summed E-state index contributed by atoms with van der Waals surface area (Å²) < 4.78 is 14.5. The number of tetrazole rings is 1. The first-order chi connectivity index (χ1) is 20.6. The van der Waals surface area contributed by atoms with Gasteiger partial charge in [0.05, 0.1) is 23.6 Å². The first-order valence-corrected chi connectivity index (χ1v) is 14.7. The van der Waals surface area contributed by atoms with Crippen LogP contribution in [0.5, 0.6) is 0 Å². The van der Waals surface area contributed by atoms with Crippen LogP contribution in [-0.4, -0.2) is 79.8 Å². The molecule has 3 aromatic rings. The van der Waals surface area contributed by atoms with Gasteiger partial charge in [-0.1, -0.05) is 12.1 Å². The maximum absolute atomic E-state index is 14.5. The number of likely N-dealkylation sites (tertiary alicyclic amines) is 1. The summed E-state index contributed by atoms with van der Waals surface area (Å²) in [6.07, 6.45) is 3.24. The second-order valence-corrected chi connectivity index (χ2v) is 12.5. The van der Waals surface area contributed by atoms with Crippen LogP contribution in [0.1, 0.15) is 71.5 Å². The van der Waals surface area contributed by atoms with Gasteiger partial charge < -0.3 is 20.6 Å². The maximum Gasteiger partial charge on any atom is 0.251 e. The predicted molar refractivity (Wildman–Crippen MR) is 153 cm³/mol. The minimum Gasteiger partial charge on any atom is -0.389 e. The molecule has 4 atom stereocenters. The molecule has 1 aromatic heterocycles. The number of fused-ring (bicyclic) bond motifs is 3. The van der Waals surface area contributed by atoms with Crippen molar-refractivity contribution in [2.75, 3.05) is 19.6 Å². The second kappa shape index (κ2) is 11.1. The fourth-order valence-electron chi connectivity index (χ4n) is 6.83. The van der Waals surface area contributed by atoms with E-state index >= 15 is 0 Å². The Kier molecular flexibility index (Phi) is 7.48. The third kappa shape index (κ3) is 5.50. The summed E-state index contributed by atoms with van der Waals surface area (Å²) in [7, 11) is 0. The van der Waals surface area contributed by atoms with Gasteiger partial charge in [0.1, 0.15) is 11.9 Å². The highest BCUT2D eigenvalue weighted by atomic mass is 19.1. The van der Waals surface area contributed by atoms with E-state index in [1.54, 1.807) is 30.9 Å². The number of H-pyrrole nitrogens is 1. The topological polar surface area (TPSA) is 160 Å². The lowest BCUT2D eigenvalue weighted by Gasteiger charge is -2.34. The zero-order valence-corrected chi connectivity index (χ0v) is 24.2. The number of aromatic amines is 1. The van der Waals surface area contributed by atoms with E-state index in [2.05, 4.69) is 37.3 Å². The van der Waals surface area contributed by atoms with Crippen LogP contribution < -0.4 is 10.6 Å². The summed E-state index contributed by atoms with van der Waals surface area (Å²) in [5.74, 6) is 0.177. The molecule has 2 aliphatic carbocycles. The quantitative estimate of drug-likeness (QED) is 0.276. The summed E-state index contributed by atoms with van der Waals surface area (Å²) >= 11 is 0. The summed E-state index contributed by atoms with van der Waals surface area (Å²) in [6.45, 7) is 3.83. The molecule has 224 valence electrons. The third-order valence-electron chi connectivity index (χ3n) is 8.94. The first-order valence-electron chi connectivity index (χ1n) is 14.7. The number of hydrogen-bond acceptors (Lipinski definition) is 8. The van der Waals surface area contributed by atoms with E-state index in [0.29, 0.717) is 43.1 Å². The van der Waals surface area contributed by atoms with Gasteiger partial charge in [0.2, 0.25) is 5.91 Å². The van der Waals surface area contributed by atoms with Crippen molar-refractivity contribution >= 4 is 11.8 Å².